The first kappa shape index (κ1) is 9.70. The van der Waals surface area contributed by atoms with Gasteiger partial charge in [-0.2, -0.15) is 0 Å². The fraction of sp³-hybridized carbons (Fsp3) is 0.462. The van der Waals surface area contributed by atoms with Crippen LogP contribution in [0.15, 0.2) is 23.2 Å². The first-order valence-corrected chi connectivity index (χ1v) is 5.98. The Morgan fingerprint density at radius 3 is 3.19 bits per heavy atom. The largest absolute Gasteiger partial charge is 0.355 e. The second kappa shape index (κ2) is 3.81. The molecule has 0 fully saturated rings. The Morgan fingerprint density at radius 2 is 2.38 bits per heavy atom. The van der Waals surface area contributed by atoms with Crippen LogP contribution in [0.25, 0.3) is 0 Å². The van der Waals surface area contributed by atoms with E-state index in [0.29, 0.717) is 6.04 Å². The number of aryl methyl sites for hydroxylation is 1. The maximum absolute atomic E-state index is 4.39. The van der Waals surface area contributed by atoms with Gasteiger partial charge in [-0.1, -0.05) is 18.2 Å². The molecule has 0 amide bonds. The van der Waals surface area contributed by atoms with Gasteiger partial charge >= 0.3 is 0 Å². The molecule has 0 spiro atoms. The summed E-state index contributed by atoms with van der Waals surface area (Å²) >= 11 is 0. The summed E-state index contributed by atoms with van der Waals surface area (Å²) in [6.45, 7) is 4.07. The zero-order valence-corrected chi connectivity index (χ0v) is 9.59. The van der Waals surface area contributed by atoms with Gasteiger partial charge in [-0.15, -0.1) is 0 Å². The fourth-order valence-corrected chi connectivity index (χ4v) is 2.65. The monoisotopic (exact) mass is 215 g/mol. The van der Waals surface area contributed by atoms with E-state index in [1.165, 1.54) is 29.5 Å². The molecule has 0 saturated heterocycles. The highest BCUT2D eigenvalue weighted by Crippen LogP contribution is 2.32. The molecule has 1 aliphatic carbocycles. The number of aliphatic imine (C=N–C) groups is 1. The number of guanidine groups is 1. The van der Waals surface area contributed by atoms with E-state index in [2.05, 4.69) is 40.7 Å². The zero-order chi connectivity index (χ0) is 11.0. The average Bonchev–Trinajstić information content (AvgIpc) is 2.90. The van der Waals surface area contributed by atoms with E-state index in [9.17, 15) is 0 Å². The summed E-state index contributed by atoms with van der Waals surface area (Å²) < 4.78 is 0. The average molecular weight is 215 g/mol. The lowest BCUT2D eigenvalue weighted by atomic mass is 10.0. The number of hydrogen-bond acceptors (Lipinski definition) is 3. The maximum atomic E-state index is 4.39. The Hall–Kier alpha value is -1.51. The van der Waals surface area contributed by atoms with Crippen LogP contribution in [0, 0.1) is 6.92 Å². The molecular formula is C13H17N3. The van der Waals surface area contributed by atoms with Crippen molar-refractivity contribution in [1.29, 1.82) is 0 Å². The molecule has 0 bridgehead atoms. The Bertz CT molecular complexity index is 437. The molecule has 16 heavy (non-hydrogen) atoms. The maximum Gasteiger partial charge on any atom is 0.191 e. The van der Waals surface area contributed by atoms with Crippen molar-refractivity contribution in [2.45, 2.75) is 25.8 Å². The molecule has 1 atom stereocenters. The third kappa shape index (κ3) is 1.56. The highest BCUT2D eigenvalue weighted by Gasteiger charge is 2.24. The molecule has 0 saturated carbocycles. The first-order valence-electron chi connectivity index (χ1n) is 5.98. The summed E-state index contributed by atoms with van der Waals surface area (Å²) in [5.74, 6) is 0.972. The Labute approximate surface area is 96.0 Å². The number of nitrogens with zero attached hydrogens (tertiary/aromatic N) is 1. The van der Waals surface area contributed by atoms with Crippen LogP contribution < -0.4 is 10.6 Å². The van der Waals surface area contributed by atoms with Crippen molar-refractivity contribution in [3.63, 3.8) is 0 Å². The van der Waals surface area contributed by atoms with E-state index in [0.717, 1.165) is 19.0 Å². The molecule has 3 nitrogen and oxygen atoms in total. The predicted octanol–water partition coefficient (Wildman–Crippen LogP) is 1.53. The number of benzene rings is 1. The summed E-state index contributed by atoms with van der Waals surface area (Å²) in [7, 11) is 0. The number of nitrogens with one attached hydrogen (secondary N) is 2. The van der Waals surface area contributed by atoms with Crippen molar-refractivity contribution in [2.24, 2.45) is 4.99 Å². The number of fused-ring (bicyclic) bond motifs is 1. The van der Waals surface area contributed by atoms with Gasteiger partial charge in [0.15, 0.2) is 5.96 Å². The van der Waals surface area contributed by atoms with Crippen LogP contribution in [0.2, 0.25) is 0 Å². The Morgan fingerprint density at radius 1 is 1.44 bits per heavy atom. The second-order valence-corrected chi connectivity index (χ2v) is 4.54. The molecule has 3 rings (SSSR count). The summed E-state index contributed by atoms with van der Waals surface area (Å²) in [6.07, 6.45) is 2.37. The van der Waals surface area contributed by atoms with Gasteiger partial charge in [-0.05, 0) is 36.5 Å². The van der Waals surface area contributed by atoms with Crippen LogP contribution in [0.1, 0.15) is 29.2 Å². The van der Waals surface area contributed by atoms with Crippen LogP contribution in [0.3, 0.4) is 0 Å². The van der Waals surface area contributed by atoms with E-state index in [4.69, 9.17) is 0 Å². The molecule has 1 aliphatic heterocycles. The van der Waals surface area contributed by atoms with Crippen LogP contribution >= 0.6 is 0 Å². The molecule has 3 heteroatoms. The number of hydrogen-bond donors (Lipinski definition) is 2. The van der Waals surface area contributed by atoms with Crippen molar-refractivity contribution in [1.82, 2.24) is 10.6 Å². The molecular weight excluding hydrogens is 198 g/mol. The highest BCUT2D eigenvalue weighted by atomic mass is 15.2. The first-order chi connectivity index (χ1) is 7.84. The van der Waals surface area contributed by atoms with Gasteiger partial charge in [-0.3, -0.25) is 4.99 Å². The van der Waals surface area contributed by atoms with Gasteiger partial charge in [0.05, 0.1) is 12.6 Å². The quantitative estimate of drug-likeness (QED) is 0.745. The Balaban J connectivity index is 1.83. The molecule has 0 unspecified atom stereocenters. The van der Waals surface area contributed by atoms with E-state index in [-0.39, 0.29) is 0 Å². The van der Waals surface area contributed by atoms with Crippen molar-refractivity contribution in [3.8, 4) is 0 Å². The van der Waals surface area contributed by atoms with E-state index >= 15 is 0 Å². The molecule has 0 radical (unpaired) electrons. The smallest absolute Gasteiger partial charge is 0.191 e. The van der Waals surface area contributed by atoms with Crippen molar-refractivity contribution in [3.05, 3.63) is 34.9 Å². The standard InChI is InChI=1S/C13H17N3/c1-9-3-2-4-11-10(9)5-6-12(11)16-13-14-7-8-15-13/h2-4,12H,5-8H2,1H3,(H2,14,15,16)/t12-/m0/s1. The molecule has 84 valence electrons. The lowest BCUT2D eigenvalue weighted by Crippen LogP contribution is -2.35. The van der Waals surface area contributed by atoms with Gasteiger partial charge in [0.2, 0.25) is 0 Å². The van der Waals surface area contributed by atoms with Gasteiger partial charge < -0.3 is 10.6 Å². The molecule has 2 N–H and O–H groups in total. The van der Waals surface area contributed by atoms with E-state index in [1.54, 1.807) is 0 Å². The molecule has 1 aromatic carbocycles. The summed E-state index contributed by atoms with van der Waals surface area (Å²) in [5, 5.41) is 6.77. The van der Waals surface area contributed by atoms with Crippen LogP contribution in [0.4, 0.5) is 0 Å². The summed E-state index contributed by atoms with van der Waals surface area (Å²) in [5.41, 5.74) is 4.40. The van der Waals surface area contributed by atoms with Gasteiger partial charge in [-0.25, -0.2) is 0 Å². The summed E-state index contributed by atoms with van der Waals surface area (Å²) in [6, 6.07) is 7.03. The van der Waals surface area contributed by atoms with Crippen LogP contribution in [0.5, 0.6) is 0 Å². The minimum absolute atomic E-state index is 0.444. The number of rotatable bonds is 1. The molecule has 0 aromatic heterocycles. The Kier molecular flexibility index (Phi) is 2.31. The normalized spacial score (nSPS) is 22.6. The van der Waals surface area contributed by atoms with Gasteiger partial charge in [0.25, 0.3) is 0 Å². The SMILES string of the molecule is Cc1cccc2c1CC[C@@H]2NC1=NCCN1. The third-order valence-corrected chi connectivity index (χ3v) is 3.49. The molecule has 2 aliphatic rings. The van der Waals surface area contributed by atoms with Crippen molar-refractivity contribution < 1.29 is 0 Å². The molecule has 1 aromatic rings. The second-order valence-electron chi connectivity index (χ2n) is 4.54. The topological polar surface area (TPSA) is 36.4 Å². The highest BCUT2D eigenvalue weighted by molar-refractivity contribution is 5.81. The third-order valence-electron chi connectivity index (χ3n) is 3.49. The summed E-state index contributed by atoms with van der Waals surface area (Å²) in [4.78, 5) is 4.39. The van der Waals surface area contributed by atoms with Crippen LogP contribution in [-0.2, 0) is 6.42 Å². The molecule has 1 heterocycles. The minimum atomic E-state index is 0.444. The lowest BCUT2D eigenvalue weighted by Gasteiger charge is -2.15. The van der Waals surface area contributed by atoms with E-state index < -0.39 is 0 Å². The van der Waals surface area contributed by atoms with Crippen LogP contribution in [-0.4, -0.2) is 19.0 Å². The zero-order valence-electron chi connectivity index (χ0n) is 9.59. The van der Waals surface area contributed by atoms with Gasteiger partial charge in [0, 0.05) is 6.54 Å². The van der Waals surface area contributed by atoms with E-state index in [1.807, 2.05) is 0 Å². The minimum Gasteiger partial charge on any atom is -0.355 e. The fourth-order valence-electron chi connectivity index (χ4n) is 2.65. The van der Waals surface area contributed by atoms with Crippen molar-refractivity contribution >= 4 is 5.96 Å². The predicted molar refractivity (Wildman–Crippen MR) is 65.7 cm³/mol. The van der Waals surface area contributed by atoms with Crippen molar-refractivity contribution in [2.75, 3.05) is 13.1 Å². The lowest BCUT2D eigenvalue weighted by molar-refractivity contribution is 0.631. The van der Waals surface area contributed by atoms with Gasteiger partial charge in [0.1, 0.15) is 0 Å².